The number of primary amides is 1. The fourth-order valence-electron chi connectivity index (χ4n) is 5.62. The van der Waals surface area contributed by atoms with Crippen LogP contribution in [0.25, 0.3) is 10.8 Å². The highest BCUT2D eigenvalue weighted by atomic mass is 16.5. The summed E-state index contributed by atoms with van der Waals surface area (Å²) < 4.78 is 6.15. The van der Waals surface area contributed by atoms with Crippen molar-refractivity contribution in [3.8, 4) is 6.07 Å². The first kappa shape index (κ1) is 23.3. The van der Waals surface area contributed by atoms with Gasteiger partial charge in [-0.05, 0) is 66.1 Å². The fraction of sp³-hybridized carbons (Fsp3) is 0.379. The highest BCUT2D eigenvalue weighted by Crippen LogP contribution is 2.33. The topological polar surface area (TPSA) is 82.6 Å². The van der Waals surface area contributed by atoms with E-state index in [4.69, 9.17) is 10.5 Å². The minimum Gasteiger partial charge on any atom is -0.373 e. The fourth-order valence-corrected chi connectivity index (χ4v) is 5.62. The molecule has 0 bridgehead atoms. The van der Waals surface area contributed by atoms with Crippen molar-refractivity contribution in [2.75, 3.05) is 37.7 Å². The molecule has 3 aromatic rings. The van der Waals surface area contributed by atoms with Gasteiger partial charge in [0.1, 0.15) is 0 Å². The Morgan fingerprint density at radius 2 is 2.06 bits per heavy atom. The first-order chi connectivity index (χ1) is 17.1. The van der Waals surface area contributed by atoms with Crippen molar-refractivity contribution in [2.45, 2.75) is 38.3 Å². The van der Waals surface area contributed by atoms with Crippen molar-refractivity contribution in [3.63, 3.8) is 0 Å². The molecule has 2 atom stereocenters. The summed E-state index contributed by atoms with van der Waals surface area (Å²) in [6, 6.07) is 20.8. The molecule has 1 amide bonds. The Morgan fingerprint density at radius 3 is 2.86 bits per heavy atom. The minimum atomic E-state index is -0.379. The van der Waals surface area contributed by atoms with Crippen LogP contribution in [0.5, 0.6) is 0 Å². The molecule has 0 aromatic heterocycles. The van der Waals surface area contributed by atoms with Crippen molar-refractivity contribution < 1.29 is 9.53 Å². The third kappa shape index (κ3) is 4.75. The van der Waals surface area contributed by atoms with Gasteiger partial charge in [-0.2, -0.15) is 5.26 Å². The molecule has 5 rings (SSSR count). The molecule has 3 aromatic carbocycles. The lowest BCUT2D eigenvalue weighted by Crippen LogP contribution is -2.53. The zero-order valence-electron chi connectivity index (χ0n) is 20.2. The molecule has 35 heavy (non-hydrogen) atoms. The number of nitrogens with two attached hydrogens (primary N) is 1. The maximum absolute atomic E-state index is 11.6. The van der Waals surface area contributed by atoms with E-state index in [0.717, 1.165) is 50.8 Å². The number of rotatable bonds is 6. The van der Waals surface area contributed by atoms with Crippen molar-refractivity contribution in [3.05, 3.63) is 76.9 Å². The number of benzene rings is 3. The molecule has 0 unspecified atom stereocenters. The molecule has 6 heteroatoms. The summed E-state index contributed by atoms with van der Waals surface area (Å²) in [6.45, 7) is 6.89. The third-order valence-corrected chi connectivity index (χ3v) is 7.55. The van der Waals surface area contributed by atoms with Gasteiger partial charge in [0.05, 0.1) is 24.3 Å². The maximum Gasteiger partial charge on any atom is 0.248 e. The van der Waals surface area contributed by atoms with E-state index in [-0.39, 0.29) is 12.0 Å². The summed E-state index contributed by atoms with van der Waals surface area (Å²) in [5, 5.41) is 11.6. The van der Waals surface area contributed by atoms with E-state index < -0.39 is 0 Å². The van der Waals surface area contributed by atoms with Crippen LogP contribution in [0.3, 0.4) is 0 Å². The van der Waals surface area contributed by atoms with Gasteiger partial charge in [0.15, 0.2) is 0 Å². The maximum atomic E-state index is 11.6. The van der Waals surface area contributed by atoms with E-state index >= 15 is 0 Å². The molecule has 0 saturated carbocycles. The van der Waals surface area contributed by atoms with E-state index in [9.17, 15) is 10.1 Å². The van der Waals surface area contributed by atoms with E-state index in [0.29, 0.717) is 23.8 Å². The Bertz CT molecular complexity index is 1280. The van der Waals surface area contributed by atoms with E-state index in [2.05, 4.69) is 47.1 Å². The lowest BCUT2D eigenvalue weighted by molar-refractivity contribution is 0.0244. The third-order valence-electron chi connectivity index (χ3n) is 7.55. The standard InChI is InChI=1S/C29H32N4O2/c1-2-24-19-33(27-5-3-4-21-16-20(18-30)6-8-25(21)27)14-13-32(24)12-10-28-26-9-7-23(29(31)34)17-22(26)11-15-35-28/h3-9,16-17,24,28H,2,10-15,19H2,1H3,(H2,31,34)/t24-,28-/m0/s1. The monoisotopic (exact) mass is 468 g/mol. The molecule has 2 N–H and O–H groups in total. The number of carbonyl (C=O) groups is 1. The normalized spacial score (nSPS) is 20.4. The van der Waals surface area contributed by atoms with Crippen LogP contribution in [-0.2, 0) is 11.2 Å². The van der Waals surface area contributed by atoms with Crippen LogP contribution in [0, 0.1) is 11.3 Å². The molecule has 1 saturated heterocycles. The van der Waals surface area contributed by atoms with Crippen LogP contribution in [0.15, 0.2) is 54.6 Å². The summed E-state index contributed by atoms with van der Waals surface area (Å²) in [5.74, 6) is -0.379. The predicted molar refractivity (Wildman–Crippen MR) is 139 cm³/mol. The van der Waals surface area contributed by atoms with Crippen molar-refractivity contribution in [2.24, 2.45) is 5.73 Å². The number of hydrogen-bond donors (Lipinski definition) is 1. The second-order valence-electron chi connectivity index (χ2n) is 9.54. The van der Waals surface area contributed by atoms with Gasteiger partial charge in [0, 0.05) is 48.9 Å². The van der Waals surface area contributed by atoms with E-state index in [1.165, 1.54) is 22.2 Å². The predicted octanol–water partition coefficient (Wildman–Crippen LogP) is 4.42. The zero-order chi connectivity index (χ0) is 24.4. The van der Waals surface area contributed by atoms with Gasteiger partial charge in [-0.3, -0.25) is 9.69 Å². The summed E-state index contributed by atoms with van der Waals surface area (Å²) in [5.41, 5.74) is 10.4. The van der Waals surface area contributed by atoms with E-state index in [1.807, 2.05) is 30.3 Å². The Morgan fingerprint density at radius 1 is 1.17 bits per heavy atom. The average molecular weight is 469 g/mol. The van der Waals surface area contributed by atoms with Crippen LogP contribution in [-0.4, -0.2) is 49.6 Å². The number of nitriles is 1. The van der Waals surface area contributed by atoms with Gasteiger partial charge < -0.3 is 15.4 Å². The van der Waals surface area contributed by atoms with Crippen LogP contribution >= 0.6 is 0 Å². The molecule has 1 fully saturated rings. The molecule has 2 aliphatic rings. The summed E-state index contributed by atoms with van der Waals surface area (Å²) in [4.78, 5) is 16.7. The first-order valence-electron chi connectivity index (χ1n) is 12.5. The van der Waals surface area contributed by atoms with E-state index in [1.54, 1.807) is 0 Å². The van der Waals surface area contributed by atoms with Gasteiger partial charge in [0.2, 0.25) is 5.91 Å². The molecular weight excluding hydrogens is 436 g/mol. The smallest absolute Gasteiger partial charge is 0.248 e. The Kier molecular flexibility index (Phi) is 6.72. The molecule has 2 aliphatic heterocycles. The zero-order valence-corrected chi connectivity index (χ0v) is 20.2. The van der Waals surface area contributed by atoms with Gasteiger partial charge in [0.25, 0.3) is 0 Å². The molecule has 0 radical (unpaired) electrons. The largest absolute Gasteiger partial charge is 0.373 e. The first-order valence-corrected chi connectivity index (χ1v) is 12.5. The van der Waals surface area contributed by atoms with Crippen LogP contribution in [0.1, 0.15) is 52.9 Å². The molecule has 6 nitrogen and oxygen atoms in total. The SMILES string of the molecule is CC[C@H]1CN(c2cccc3cc(C#N)ccc23)CCN1CC[C@@H]1OCCc2cc(C(N)=O)ccc21. The lowest BCUT2D eigenvalue weighted by atomic mass is 9.93. The Hall–Kier alpha value is -3.40. The van der Waals surface area contributed by atoms with Gasteiger partial charge >= 0.3 is 0 Å². The average Bonchev–Trinajstić information content (AvgIpc) is 2.90. The number of piperazine rings is 1. The van der Waals surface area contributed by atoms with Gasteiger partial charge in [-0.25, -0.2) is 0 Å². The molecule has 0 aliphatic carbocycles. The number of ether oxygens (including phenoxy) is 1. The summed E-state index contributed by atoms with van der Waals surface area (Å²) in [6.07, 6.45) is 2.90. The van der Waals surface area contributed by atoms with Gasteiger partial charge in [-0.1, -0.05) is 31.2 Å². The summed E-state index contributed by atoms with van der Waals surface area (Å²) >= 11 is 0. The highest BCUT2D eigenvalue weighted by Gasteiger charge is 2.29. The second kappa shape index (κ2) is 10.1. The quantitative estimate of drug-likeness (QED) is 0.579. The number of hydrogen-bond acceptors (Lipinski definition) is 5. The number of carbonyl (C=O) groups excluding carboxylic acids is 1. The van der Waals surface area contributed by atoms with Crippen molar-refractivity contribution in [1.82, 2.24) is 4.90 Å². The second-order valence-corrected chi connectivity index (χ2v) is 9.54. The van der Waals surface area contributed by atoms with Crippen molar-refractivity contribution in [1.29, 1.82) is 5.26 Å². The van der Waals surface area contributed by atoms with Crippen molar-refractivity contribution >= 4 is 22.4 Å². The molecule has 2 heterocycles. The van der Waals surface area contributed by atoms with Gasteiger partial charge in [-0.15, -0.1) is 0 Å². The Balaban J connectivity index is 1.27. The molecular formula is C29H32N4O2. The number of amides is 1. The lowest BCUT2D eigenvalue weighted by Gasteiger charge is -2.43. The number of anilines is 1. The van der Waals surface area contributed by atoms with Crippen LogP contribution < -0.4 is 10.6 Å². The van der Waals surface area contributed by atoms with Crippen LogP contribution in [0.2, 0.25) is 0 Å². The number of fused-ring (bicyclic) bond motifs is 2. The molecule has 180 valence electrons. The summed E-state index contributed by atoms with van der Waals surface area (Å²) in [7, 11) is 0. The van der Waals surface area contributed by atoms with Crippen LogP contribution in [0.4, 0.5) is 5.69 Å². The minimum absolute atomic E-state index is 0.0589. The molecule has 0 spiro atoms. The highest BCUT2D eigenvalue weighted by molar-refractivity contribution is 5.95. The Labute approximate surface area is 206 Å². The number of nitrogens with zero attached hydrogens (tertiary/aromatic N) is 3.